The predicted octanol–water partition coefficient (Wildman–Crippen LogP) is 3.86. The van der Waals surface area contributed by atoms with Crippen LogP contribution < -0.4 is 15.5 Å². The summed E-state index contributed by atoms with van der Waals surface area (Å²) in [4.78, 5) is 58.9. The van der Waals surface area contributed by atoms with Crippen molar-refractivity contribution in [2.24, 2.45) is 5.92 Å². The Bertz CT molecular complexity index is 1720. The Morgan fingerprint density at radius 3 is 2.41 bits per heavy atom. The second kappa shape index (κ2) is 11.5. The summed E-state index contributed by atoms with van der Waals surface area (Å²) in [6, 6.07) is 4.15. The minimum atomic E-state index is -4.36. The monoisotopic (exact) mass is 608 g/mol. The lowest BCUT2D eigenvalue weighted by Gasteiger charge is -2.17. The molecule has 1 saturated heterocycles. The molecule has 1 aliphatic heterocycles. The van der Waals surface area contributed by atoms with Crippen molar-refractivity contribution < 1.29 is 27.6 Å². The van der Waals surface area contributed by atoms with Crippen molar-refractivity contribution in [1.82, 2.24) is 34.2 Å². The molecule has 4 aromatic heterocycles. The number of nitrogens with one attached hydrogen (secondary N) is 2. The molecule has 0 atom stereocenters. The minimum Gasteiger partial charge on any atom is -0.364 e. The fourth-order valence-corrected chi connectivity index (χ4v) is 4.60. The summed E-state index contributed by atoms with van der Waals surface area (Å²) in [5.41, 5.74) is 2.24. The number of rotatable bonds is 7. The van der Waals surface area contributed by atoms with E-state index in [1.165, 1.54) is 18.3 Å². The third-order valence-electron chi connectivity index (χ3n) is 7.32. The number of anilines is 3. The Morgan fingerprint density at radius 2 is 1.80 bits per heavy atom. The second-order valence-corrected chi connectivity index (χ2v) is 10.7. The number of imide groups is 1. The molecule has 4 aromatic rings. The molecule has 4 amide bonds. The van der Waals surface area contributed by atoms with Crippen LogP contribution in [0.4, 0.5) is 35.3 Å². The lowest BCUT2D eigenvalue weighted by molar-refractivity contribution is -0.141. The van der Waals surface area contributed by atoms with E-state index in [0.717, 1.165) is 60.4 Å². The van der Waals surface area contributed by atoms with Crippen molar-refractivity contribution in [3.63, 3.8) is 0 Å². The summed E-state index contributed by atoms with van der Waals surface area (Å²) in [6.45, 7) is 0.398. The molecule has 7 rings (SSSR count). The maximum Gasteiger partial charge on any atom is 0.433 e. The quantitative estimate of drug-likeness (QED) is 0.298. The number of imidazole rings is 1. The standard InChI is InChI=1S/C23H24N8O3.C5H3F3N2/c1-29-20(32)11-31(23(29)34)17-6-15(13-2-3-13)9-30-10-16(27-21(17)30)8-24-18-7-19(26-12-25-18)28-22(33)14-4-5-14;6-5(7,8)4-1-2-9-3-10-4/h6-7,9-10,12-14H,2-5,8,11H2,1H3,(H2,24,25,26,28,33);1-3H. The molecule has 44 heavy (non-hydrogen) atoms. The average Bonchev–Trinajstić information content (AvgIpc) is 3.94. The molecule has 228 valence electrons. The topological polar surface area (TPSA) is 151 Å². The highest BCUT2D eigenvalue weighted by Gasteiger charge is 2.37. The van der Waals surface area contributed by atoms with Crippen molar-refractivity contribution in [2.75, 3.05) is 29.1 Å². The van der Waals surface area contributed by atoms with Gasteiger partial charge in [0.1, 0.15) is 36.5 Å². The lowest BCUT2D eigenvalue weighted by Crippen LogP contribution is -2.30. The molecule has 16 heteroatoms. The van der Waals surface area contributed by atoms with Gasteiger partial charge < -0.3 is 15.0 Å². The molecule has 2 N–H and O–H groups in total. The molecule has 0 unspecified atom stereocenters. The number of hydrogen-bond donors (Lipinski definition) is 2. The van der Waals surface area contributed by atoms with Gasteiger partial charge in [-0.3, -0.25) is 19.4 Å². The van der Waals surface area contributed by atoms with Gasteiger partial charge in [-0.2, -0.15) is 13.2 Å². The number of nitrogens with zero attached hydrogens (tertiary/aromatic N) is 8. The maximum atomic E-state index is 12.7. The van der Waals surface area contributed by atoms with E-state index in [-0.39, 0.29) is 30.3 Å². The summed E-state index contributed by atoms with van der Waals surface area (Å²) < 4.78 is 37.0. The van der Waals surface area contributed by atoms with Crippen LogP contribution in [0.15, 0.2) is 49.4 Å². The lowest BCUT2D eigenvalue weighted by atomic mass is 10.1. The van der Waals surface area contributed by atoms with E-state index in [0.29, 0.717) is 35.4 Å². The number of fused-ring (bicyclic) bond motifs is 1. The van der Waals surface area contributed by atoms with Crippen LogP contribution in [0.3, 0.4) is 0 Å². The summed E-state index contributed by atoms with van der Waals surface area (Å²) in [6.07, 6.45) is 7.02. The van der Waals surface area contributed by atoms with Crippen LogP contribution in [0.5, 0.6) is 0 Å². The molecule has 3 fully saturated rings. The van der Waals surface area contributed by atoms with Gasteiger partial charge in [0, 0.05) is 37.6 Å². The average molecular weight is 609 g/mol. The second-order valence-electron chi connectivity index (χ2n) is 10.7. The first-order chi connectivity index (χ1) is 21.1. The molecule has 13 nitrogen and oxygen atoms in total. The minimum absolute atomic E-state index is 0.00964. The van der Waals surface area contributed by atoms with E-state index in [4.69, 9.17) is 4.98 Å². The zero-order valence-electron chi connectivity index (χ0n) is 23.5. The van der Waals surface area contributed by atoms with Crippen LogP contribution in [0.25, 0.3) is 5.65 Å². The maximum absolute atomic E-state index is 12.7. The smallest absolute Gasteiger partial charge is 0.364 e. The largest absolute Gasteiger partial charge is 0.433 e. The number of carbonyl (C=O) groups is 3. The number of likely N-dealkylation sites (N-methyl/N-ethyl adjacent to an activating group) is 1. The number of halogens is 3. The molecular formula is C28H27F3N10O3. The third-order valence-corrected chi connectivity index (χ3v) is 7.32. The van der Waals surface area contributed by atoms with Crippen molar-refractivity contribution in [3.8, 4) is 0 Å². The van der Waals surface area contributed by atoms with Gasteiger partial charge in [-0.05, 0) is 49.3 Å². The van der Waals surface area contributed by atoms with E-state index in [1.807, 2.05) is 16.7 Å². The first-order valence-corrected chi connectivity index (χ1v) is 13.9. The number of amides is 4. The van der Waals surface area contributed by atoms with Crippen LogP contribution in [0.1, 0.15) is 48.6 Å². The van der Waals surface area contributed by atoms with E-state index in [1.54, 1.807) is 6.07 Å². The van der Waals surface area contributed by atoms with Crippen molar-refractivity contribution in [3.05, 3.63) is 66.4 Å². The number of pyridine rings is 1. The Morgan fingerprint density at radius 1 is 1.02 bits per heavy atom. The number of carbonyl (C=O) groups excluding carboxylic acids is 3. The zero-order chi connectivity index (χ0) is 31.0. The van der Waals surface area contributed by atoms with Gasteiger partial charge in [-0.25, -0.2) is 29.7 Å². The Balaban J connectivity index is 0.000000294. The molecule has 0 aromatic carbocycles. The van der Waals surface area contributed by atoms with E-state index in [9.17, 15) is 27.6 Å². The van der Waals surface area contributed by atoms with E-state index in [2.05, 4.69) is 36.8 Å². The molecule has 2 saturated carbocycles. The third kappa shape index (κ3) is 6.43. The molecule has 0 bridgehead atoms. The van der Waals surface area contributed by atoms with Gasteiger partial charge in [0.25, 0.3) is 0 Å². The number of urea groups is 1. The van der Waals surface area contributed by atoms with Crippen LogP contribution in [0.2, 0.25) is 0 Å². The van der Waals surface area contributed by atoms with Gasteiger partial charge in [0.15, 0.2) is 5.65 Å². The highest BCUT2D eigenvalue weighted by Crippen LogP contribution is 2.42. The number of hydrogen-bond acceptors (Lipinski definition) is 9. The van der Waals surface area contributed by atoms with Crippen LogP contribution in [-0.4, -0.2) is 65.7 Å². The Kier molecular flexibility index (Phi) is 7.57. The highest BCUT2D eigenvalue weighted by molar-refractivity contribution is 6.13. The van der Waals surface area contributed by atoms with Crippen LogP contribution in [-0.2, 0) is 22.3 Å². The fraction of sp³-hybridized carbons (Fsp3) is 0.357. The summed E-state index contributed by atoms with van der Waals surface area (Å²) in [5.74, 6) is 1.35. The SMILES string of the molecule is CN1C(=O)CN(c2cc(C3CC3)cn3cc(CNc4cc(NC(=O)C5CC5)ncn4)nc23)C1=O.FC(F)(F)c1ccncn1. The van der Waals surface area contributed by atoms with Crippen molar-refractivity contribution >= 4 is 40.8 Å². The zero-order valence-corrected chi connectivity index (χ0v) is 23.5. The van der Waals surface area contributed by atoms with Gasteiger partial charge in [0.2, 0.25) is 11.8 Å². The Labute approximate surface area is 248 Å². The van der Waals surface area contributed by atoms with Gasteiger partial charge >= 0.3 is 12.2 Å². The van der Waals surface area contributed by atoms with Crippen LogP contribution in [0, 0.1) is 5.92 Å². The van der Waals surface area contributed by atoms with Gasteiger partial charge in [-0.1, -0.05) is 0 Å². The van der Waals surface area contributed by atoms with Crippen LogP contribution >= 0.6 is 0 Å². The number of aromatic nitrogens is 6. The number of alkyl halides is 3. The van der Waals surface area contributed by atoms with Gasteiger partial charge in [0.05, 0.1) is 17.9 Å². The summed E-state index contributed by atoms with van der Waals surface area (Å²) in [5, 5.41) is 6.04. The molecule has 5 heterocycles. The summed E-state index contributed by atoms with van der Waals surface area (Å²) >= 11 is 0. The summed E-state index contributed by atoms with van der Waals surface area (Å²) in [7, 11) is 1.50. The van der Waals surface area contributed by atoms with E-state index >= 15 is 0 Å². The van der Waals surface area contributed by atoms with E-state index < -0.39 is 11.9 Å². The first kappa shape index (κ1) is 28.9. The molecule has 2 aliphatic carbocycles. The molecular weight excluding hydrogens is 581 g/mol. The van der Waals surface area contributed by atoms with Gasteiger partial charge in [-0.15, -0.1) is 0 Å². The predicted molar refractivity (Wildman–Crippen MR) is 150 cm³/mol. The molecule has 3 aliphatic rings. The molecule has 0 spiro atoms. The normalized spacial score (nSPS) is 16.6. The molecule has 0 radical (unpaired) electrons. The fourth-order valence-electron chi connectivity index (χ4n) is 4.60. The highest BCUT2D eigenvalue weighted by atomic mass is 19.4. The van der Waals surface area contributed by atoms with Crippen molar-refractivity contribution in [2.45, 2.75) is 44.3 Å². The van der Waals surface area contributed by atoms with Crippen molar-refractivity contribution in [1.29, 1.82) is 0 Å². The Hall–Kier alpha value is -5.15. The first-order valence-electron chi connectivity index (χ1n) is 13.9.